The summed E-state index contributed by atoms with van der Waals surface area (Å²) in [4.78, 5) is 40.7. The SMILES string of the molecule is CC1CCn2ncc(N)c2N1Cc1cccc2c1CN(C1CCC(=O)NC1=O)C2=O. The molecule has 0 radical (unpaired) electrons. The van der Waals surface area contributed by atoms with Crippen molar-refractivity contribution in [3.05, 3.63) is 41.1 Å². The second-order valence-electron chi connectivity index (χ2n) is 8.26. The Bertz CT molecular complexity index is 1060. The number of carbonyl (C=O) groups is 3. The smallest absolute Gasteiger partial charge is 0.255 e. The van der Waals surface area contributed by atoms with Crippen molar-refractivity contribution >= 4 is 29.2 Å². The van der Waals surface area contributed by atoms with Crippen LogP contribution in [0.4, 0.5) is 11.5 Å². The predicted molar refractivity (Wildman–Crippen MR) is 109 cm³/mol. The average Bonchev–Trinajstić information content (AvgIpc) is 3.25. The molecule has 1 fully saturated rings. The molecule has 4 heterocycles. The number of hydrogen-bond donors (Lipinski definition) is 2. The van der Waals surface area contributed by atoms with Crippen LogP contribution in [-0.2, 0) is 29.2 Å². The van der Waals surface area contributed by atoms with E-state index < -0.39 is 11.9 Å². The maximum absolute atomic E-state index is 13.1. The molecule has 156 valence electrons. The third kappa shape index (κ3) is 2.84. The molecule has 5 rings (SSSR count). The minimum Gasteiger partial charge on any atom is -0.394 e. The Labute approximate surface area is 173 Å². The number of carbonyl (C=O) groups excluding carboxylic acids is 3. The Hall–Kier alpha value is -3.36. The number of anilines is 2. The number of nitrogen functional groups attached to an aromatic ring is 1. The summed E-state index contributed by atoms with van der Waals surface area (Å²) in [6.45, 7) is 3.98. The van der Waals surface area contributed by atoms with Crippen LogP contribution in [0, 0.1) is 0 Å². The van der Waals surface area contributed by atoms with E-state index in [0.717, 1.165) is 29.9 Å². The summed E-state index contributed by atoms with van der Waals surface area (Å²) in [5.74, 6) is 0.0833. The first-order chi connectivity index (χ1) is 14.4. The topological polar surface area (TPSA) is 114 Å². The van der Waals surface area contributed by atoms with Gasteiger partial charge in [0.1, 0.15) is 6.04 Å². The van der Waals surface area contributed by atoms with Gasteiger partial charge in [-0.15, -0.1) is 0 Å². The molecule has 3 aliphatic rings. The Morgan fingerprint density at radius 1 is 1.23 bits per heavy atom. The van der Waals surface area contributed by atoms with Crippen LogP contribution in [0.5, 0.6) is 0 Å². The van der Waals surface area contributed by atoms with E-state index in [-0.39, 0.29) is 24.3 Å². The lowest BCUT2D eigenvalue weighted by Gasteiger charge is -2.36. The van der Waals surface area contributed by atoms with Crippen LogP contribution in [0.2, 0.25) is 0 Å². The molecule has 0 spiro atoms. The van der Waals surface area contributed by atoms with Crippen molar-refractivity contribution in [2.45, 2.75) is 57.9 Å². The van der Waals surface area contributed by atoms with Crippen molar-refractivity contribution in [3.63, 3.8) is 0 Å². The lowest BCUT2D eigenvalue weighted by molar-refractivity contribution is -0.136. The summed E-state index contributed by atoms with van der Waals surface area (Å²) in [5, 5.41) is 6.72. The van der Waals surface area contributed by atoms with E-state index in [1.165, 1.54) is 0 Å². The summed E-state index contributed by atoms with van der Waals surface area (Å²) in [6, 6.07) is 5.40. The number of hydrogen-bond acceptors (Lipinski definition) is 6. The summed E-state index contributed by atoms with van der Waals surface area (Å²) < 4.78 is 1.93. The Kier molecular flexibility index (Phi) is 4.27. The highest BCUT2D eigenvalue weighted by Gasteiger charge is 2.40. The van der Waals surface area contributed by atoms with Gasteiger partial charge in [0.2, 0.25) is 11.8 Å². The Balaban J connectivity index is 1.45. The van der Waals surface area contributed by atoms with Crippen molar-refractivity contribution < 1.29 is 14.4 Å². The van der Waals surface area contributed by atoms with Crippen molar-refractivity contribution in [1.82, 2.24) is 20.0 Å². The molecule has 2 unspecified atom stereocenters. The van der Waals surface area contributed by atoms with E-state index >= 15 is 0 Å². The van der Waals surface area contributed by atoms with Gasteiger partial charge in [-0.1, -0.05) is 12.1 Å². The molecule has 1 saturated heterocycles. The second kappa shape index (κ2) is 6.86. The van der Waals surface area contributed by atoms with Gasteiger partial charge >= 0.3 is 0 Å². The summed E-state index contributed by atoms with van der Waals surface area (Å²) in [5.41, 5.74) is 9.44. The number of piperidine rings is 1. The lowest BCUT2D eigenvalue weighted by atomic mass is 10.0. The van der Waals surface area contributed by atoms with Crippen molar-refractivity contribution in [3.8, 4) is 0 Å². The van der Waals surface area contributed by atoms with E-state index in [2.05, 4.69) is 22.2 Å². The second-order valence-corrected chi connectivity index (χ2v) is 8.26. The van der Waals surface area contributed by atoms with Crippen molar-refractivity contribution in [2.75, 3.05) is 10.6 Å². The first-order valence-corrected chi connectivity index (χ1v) is 10.3. The highest BCUT2D eigenvalue weighted by Crippen LogP contribution is 2.35. The third-order valence-electron chi connectivity index (χ3n) is 6.42. The zero-order valence-electron chi connectivity index (χ0n) is 16.8. The quantitative estimate of drug-likeness (QED) is 0.734. The van der Waals surface area contributed by atoms with Gasteiger partial charge in [-0.05, 0) is 37.0 Å². The standard InChI is InChI=1S/C21H24N6O3/c1-12-7-8-27-20(16(22)9-23-27)25(12)10-13-3-2-4-14-15(13)11-26(21(14)30)17-5-6-18(28)24-19(17)29/h2-4,9,12,17H,5-8,10-11,22H2,1H3,(H,24,28,29). The molecule has 3 aliphatic heterocycles. The number of aromatic nitrogens is 2. The molecule has 3 amide bonds. The maximum Gasteiger partial charge on any atom is 0.255 e. The number of nitrogens with zero attached hydrogens (tertiary/aromatic N) is 4. The summed E-state index contributed by atoms with van der Waals surface area (Å²) >= 11 is 0. The number of aryl methyl sites for hydroxylation is 1. The van der Waals surface area contributed by atoms with Gasteiger partial charge in [0.25, 0.3) is 5.91 Å². The zero-order chi connectivity index (χ0) is 21.0. The molecule has 0 aliphatic carbocycles. The molecule has 2 aromatic rings. The normalized spacial score (nSPS) is 23.4. The van der Waals surface area contributed by atoms with E-state index in [4.69, 9.17) is 5.73 Å². The lowest BCUT2D eigenvalue weighted by Crippen LogP contribution is -2.52. The van der Waals surface area contributed by atoms with Crippen LogP contribution in [0.15, 0.2) is 24.4 Å². The fourth-order valence-electron chi connectivity index (χ4n) is 4.76. The van der Waals surface area contributed by atoms with E-state index in [1.807, 2.05) is 22.9 Å². The van der Waals surface area contributed by atoms with Gasteiger partial charge < -0.3 is 15.5 Å². The molecule has 3 N–H and O–H groups in total. The van der Waals surface area contributed by atoms with Gasteiger partial charge in [-0.3, -0.25) is 19.7 Å². The van der Waals surface area contributed by atoms with Crippen LogP contribution >= 0.6 is 0 Å². The van der Waals surface area contributed by atoms with E-state index in [1.54, 1.807) is 11.1 Å². The number of imide groups is 1. The Morgan fingerprint density at radius 2 is 2.07 bits per heavy atom. The summed E-state index contributed by atoms with van der Waals surface area (Å²) in [7, 11) is 0. The molecule has 1 aromatic carbocycles. The fourth-order valence-corrected chi connectivity index (χ4v) is 4.76. The molecule has 9 heteroatoms. The maximum atomic E-state index is 13.1. The van der Waals surface area contributed by atoms with Crippen LogP contribution < -0.4 is 16.0 Å². The third-order valence-corrected chi connectivity index (χ3v) is 6.42. The molecule has 0 saturated carbocycles. The number of benzene rings is 1. The van der Waals surface area contributed by atoms with Crippen LogP contribution in [0.1, 0.15) is 47.7 Å². The monoisotopic (exact) mass is 408 g/mol. The van der Waals surface area contributed by atoms with Gasteiger partial charge in [-0.2, -0.15) is 5.10 Å². The largest absolute Gasteiger partial charge is 0.394 e. The Morgan fingerprint density at radius 3 is 2.87 bits per heavy atom. The molecule has 1 aromatic heterocycles. The molecule has 2 atom stereocenters. The summed E-state index contributed by atoms with van der Waals surface area (Å²) in [6.07, 6.45) is 3.26. The number of rotatable bonds is 3. The first kappa shape index (κ1) is 18.7. The van der Waals surface area contributed by atoms with Crippen LogP contribution in [-0.4, -0.2) is 44.5 Å². The fraction of sp³-hybridized carbons (Fsp3) is 0.429. The number of nitrogens with one attached hydrogen (secondary N) is 1. The minimum absolute atomic E-state index is 0.155. The minimum atomic E-state index is -0.610. The van der Waals surface area contributed by atoms with Crippen LogP contribution in [0.3, 0.4) is 0 Å². The van der Waals surface area contributed by atoms with Gasteiger partial charge in [0, 0.05) is 37.7 Å². The first-order valence-electron chi connectivity index (χ1n) is 10.3. The van der Waals surface area contributed by atoms with Gasteiger partial charge in [0.05, 0.1) is 11.9 Å². The number of nitrogens with two attached hydrogens (primary N) is 1. The molecular weight excluding hydrogens is 384 g/mol. The van der Waals surface area contributed by atoms with Crippen molar-refractivity contribution in [2.24, 2.45) is 0 Å². The van der Waals surface area contributed by atoms with E-state index in [9.17, 15) is 14.4 Å². The van der Waals surface area contributed by atoms with E-state index in [0.29, 0.717) is 30.8 Å². The van der Waals surface area contributed by atoms with Gasteiger partial charge in [-0.25, -0.2) is 4.68 Å². The molecule has 30 heavy (non-hydrogen) atoms. The van der Waals surface area contributed by atoms with Crippen LogP contribution in [0.25, 0.3) is 0 Å². The highest BCUT2D eigenvalue weighted by atomic mass is 16.2. The highest BCUT2D eigenvalue weighted by molar-refractivity contribution is 6.05. The predicted octanol–water partition coefficient (Wildman–Crippen LogP) is 1.03. The number of fused-ring (bicyclic) bond motifs is 2. The zero-order valence-corrected chi connectivity index (χ0v) is 16.8. The number of amides is 3. The average molecular weight is 408 g/mol. The molecular formula is C21H24N6O3. The van der Waals surface area contributed by atoms with Crippen molar-refractivity contribution in [1.29, 1.82) is 0 Å². The van der Waals surface area contributed by atoms with Gasteiger partial charge in [0.15, 0.2) is 5.82 Å². The molecule has 9 nitrogen and oxygen atoms in total. The molecule has 0 bridgehead atoms.